The summed E-state index contributed by atoms with van der Waals surface area (Å²) in [7, 11) is 0. The second kappa shape index (κ2) is 11.7. The van der Waals surface area contributed by atoms with Crippen LogP contribution in [0.2, 0.25) is 0 Å². The van der Waals surface area contributed by atoms with E-state index in [0.29, 0.717) is 45.4 Å². The van der Waals surface area contributed by atoms with E-state index in [0.717, 1.165) is 22.9 Å². The molecule has 2 heterocycles. The van der Waals surface area contributed by atoms with Crippen LogP contribution >= 0.6 is 0 Å². The fraction of sp³-hybridized carbons (Fsp3) is 0.444. The normalized spacial score (nSPS) is 17.8. The van der Waals surface area contributed by atoms with E-state index in [-0.39, 0.29) is 24.6 Å². The van der Waals surface area contributed by atoms with Crippen LogP contribution in [0.15, 0.2) is 42.5 Å². The maximum absolute atomic E-state index is 13.5. The molecular weight excluding hydrogens is 499 g/mol. The zero-order chi connectivity index (χ0) is 27.3. The molecule has 2 aliphatic rings. The minimum Gasteiger partial charge on any atom is -0.384 e. The molecule has 0 aromatic heterocycles. The highest BCUT2D eigenvalue weighted by atomic mass is 19.4. The number of hydrogen-bond acceptors (Lipinski definition) is 4. The number of nitrogens with one attached hydrogen (secondary N) is 3. The quantitative estimate of drug-likeness (QED) is 0.525. The van der Waals surface area contributed by atoms with Crippen LogP contribution in [0.25, 0.3) is 0 Å². The maximum atomic E-state index is 13.5. The van der Waals surface area contributed by atoms with Gasteiger partial charge in [-0.05, 0) is 48.6 Å². The van der Waals surface area contributed by atoms with E-state index in [1.165, 1.54) is 23.1 Å². The van der Waals surface area contributed by atoms with E-state index in [9.17, 15) is 27.6 Å². The fourth-order valence-electron chi connectivity index (χ4n) is 5.04. The molecule has 0 saturated carbocycles. The van der Waals surface area contributed by atoms with Crippen LogP contribution in [-0.2, 0) is 28.9 Å². The molecule has 0 aliphatic carbocycles. The zero-order valence-corrected chi connectivity index (χ0v) is 21.2. The Hall–Kier alpha value is -3.76. The van der Waals surface area contributed by atoms with Gasteiger partial charge in [-0.25, -0.2) is 4.79 Å². The number of halogens is 3. The van der Waals surface area contributed by atoms with Crippen LogP contribution in [0.3, 0.4) is 0 Å². The highest BCUT2D eigenvalue weighted by molar-refractivity contribution is 5.84. The van der Waals surface area contributed by atoms with Crippen molar-refractivity contribution >= 4 is 23.5 Å². The Bertz CT molecular complexity index is 1190. The van der Waals surface area contributed by atoms with Crippen LogP contribution in [0.4, 0.5) is 23.7 Å². The Morgan fingerprint density at radius 1 is 1.13 bits per heavy atom. The van der Waals surface area contributed by atoms with Crippen molar-refractivity contribution in [2.24, 2.45) is 0 Å². The average Bonchev–Trinajstić information content (AvgIpc) is 3.38. The van der Waals surface area contributed by atoms with Gasteiger partial charge >= 0.3 is 12.2 Å². The third-order valence-corrected chi connectivity index (χ3v) is 6.97. The lowest BCUT2D eigenvalue weighted by atomic mass is 9.98. The summed E-state index contributed by atoms with van der Waals surface area (Å²) in [5.41, 5.74) is 2.07. The van der Waals surface area contributed by atoms with Crippen molar-refractivity contribution in [3.63, 3.8) is 0 Å². The van der Waals surface area contributed by atoms with Crippen LogP contribution in [0, 0.1) is 0 Å². The standard InChI is InChI=1S/C27H32F3N5O3/c1-2-34-17-19-14-18(9-10-22(19)31-12-11-24(34)36)15-32-26(38)33-16-25(37)35-13-5-8-23(35)20-6-3-4-7-21(20)27(28,29)30/h3-4,6-7,9-10,14,23,31H,2,5,8,11-13,15-17H2,1H3,(H2,32,33,38). The Labute approximate surface area is 219 Å². The lowest BCUT2D eigenvalue weighted by Gasteiger charge is -2.27. The van der Waals surface area contributed by atoms with Gasteiger partial charge in [-0.1, -0.05) is 30.3 Å². The molecule has 0 bridgehead atoms. The van der Waals surface area contributed by atoms with E-state index in [2.05, 4.69) is 16.0 Å². The Morgan fingerprint density at radius 3 is 2.68 bits per heavy atom. The number of alkyl halides is 3. The smallest absolute Gasteiger partial charge is 0.384 e. The summed E-state index contributed by atoms with van der Waals surface area (Å²) in [4.78, 5) is 40.7. The molecule has 0 spiro atoms. The van der Waals surface area contributed by atoms with E-state index in [4.69, 9.17) is 0 Å². The van der Waals surface area contributed by atoms with Crippen LogP contribution in [0.5, 0.6) is 0 Å². The summed E-state index contributed by atoms with van der Waals surface area (Å²) >= 11 is 0. The van der Waals surface area contributed by atoms with Gasteiger partial charge < -0.3 is 25.8 Å². The average molecular weight is 532 g/mol. The molecule has 204 valence electrons. The highest BCUT2D eigenvalue weighted by Gasteiger charge is 2.38. The van der Waals surface area contributed by atoms with Gasteiger partial charge in [0.1, 0.15) is 0 Å². The summed E-state index contributed by atoms with van der Waals surface area (Å²) in [6.07, 6.45) is -3.06. The fourth-order valence-corrected chi connectivity index (χ4v) is 5.04. The molecular formula is C27H32F3N5O3. The van der Waals surface area contributed by atoms with Crippen molar-refractivity contribution in [2.45, 2.75) is 51.5 Å². The monoisotopic (exact) mass is 531 g/mol. The number of amides is 4. The molecule has 11 heteroatoms. The van der Waals surface area contributed by atoms with E-state index < -0.39 is 29.7 Å². The molecule has 1 atom stereocenters. The molecule has 3 N–H and O–H groups in total. The first-order valence-corrected chi connectivity index (χ1v) is 12.8. The minimum absolute atomic E-state index is 0.0760. The summed E-state index contributed by atoms with van der Waals surface area (Å²) < 4.78 is 40.5. The number of fused-ring (bicyclic) bond motifs is 1. The summed E-state index contributed by atoms with van der Waals surface area (Å²) in [5.74, 6) is -0.350. The zero-order valence-electron chi connectivity index (χ0n) is 21.2. The highest BCUT2D eigenvalue weighted by Crippen LogP contribution is 2.40. The molecule has 2 aromatic carbocycles. The first-order chi connectivity index (χ1) is 18.2. The van der Waals surface area contributed by atoms with Gasteiger partial charge in [0, 0.05) is 44.8 Å². The molecule has 2 aromatic rings. The number of likely N-dealkylation sites (tertiary alicyclic amines) is 1. The van der Waals surface area contributed by atoms with Gasteiger partial charge in [-0.15, -0.1) is 0 Å². The van der Waals surface area contributed by atoms with Gasteiger partial charge in [0.15, 0.2) is 0 Å². The lowest BCUT2D eigenvalue weighted by molar-refractivity contribution is -0.140. The van der Waals surface area contributed by atoms with Crippen LogP contribution in [0.1, 0.15) is 54.5 Å². The number of carbonyl (C=O) groups is 3. The first-order valence-electron chi connectivity index (χ1n) is 12.8. The predicted molar refractivity (Wildman–Crippen MR) is 136 cm³/mol. The van der Waals surface area contributed by atoms with Gasteiger partial charge in [0.25, 0.3) is 0 Å². The van der Waals surface area contributed by atoms with Crippen molar-refractivity contribution in [1.29, 1.82) is 0 Å². The minimum atomic E-state index is -4.51. The lowest BCUT2D eigenvalue weighted by Crippen LogP contribution is -2.43. The Balaban J connectivity index is 1.32. The van der Waals surface area contributed by atoms with Crippen molar-refractivity contribution in [2.75, 3.05) is 31.5 Å². The molecule has 0 radical (unpaired) electrons. The number of nitrogens with zero attached hydrogens (tertiary/aromatic N) is 2. The second-order valence-corrected chi connectivity index (χ2v) is 9.44. The number of anilines is 1. The topological polar surface area (TPSA) is 93.8 Å². The van der Waals surface area contributed by atoms with Gasteiger partial charge in [-0.3, -0.25) is 9.59 Å². The third-order valence-electron chi connectivity index (χ3n) is 6.97. The van der Waals surface area contributed by atoms with Crippen molar-refractivity contribution in [3.8, 4) is 0 Å². The molecule has 1 fully saturated rings. The molecule has 4 rings (SSSR count). The molecule has 4 amide bonds. The Kier molecular flexibility index (Phi) is 8.43. The van der Waals surface area contributed by atoms with Gasteiger partial charge in [0.2, 0.25) is 11.8 Å². The first kappa shape index (κ1) is 27.3. The number of rotatable bonds is 6. The third kappa shape index (κ3) is 6.38. The van der Waals surface area contributed by atoms with Crippen molar-refractivity contribution in [3.05, 3.63) is 64.7 Å². The van der Waals surface area contributed by atoms with Gasteiger partial charge in [0.05, 0.1) is 18.2 Å². The number of carbonyl (C=O) groups excluding carboxylic acids is 3. The van der Waals surface area contributed by atoms with E-state index >= 15 is 0 Å². The maximum Gasteiger partial charge on any atom is 0.416 e. The van der Waals surface area contributed by atoms with Crippen LogP contribution < -0.4 is 16.0 Å². The summed E-state index contributed by atoms with van der Waals surface area (Å²) in [5, 5.41) is 8.50. The van der Waals surface area contributed by atoms with Crippen LogP contribution in [-0.4, -0.2) is 53.8 Å². The molecule has 2 aliphatic heterocycles. The largest absolute Gasteiger partial charge is 0.416 e. The molecule has 38 heavy (non-hydrogen) atoms. The molecule has 8 nitrogen and oxygen atoms in total. The molecule has 1 unspecified atom stereocenters. The number of urea groups is 1. The van der Waals surface area contributed by atoms with Crippen molar-refractivity contribution < 1.29 is 27.6 Å². The second-order valence-electron chi connectivity index (χ2n) is 9.44. The number of hydrogen-bond donors (Lipinski definition) is 3. The van der Waals surface area contributed by atoms with Crippen molar-refractivity contribution in [1.82, 2.24) is 20.4 Å². The number of benzene rings is 2. The predicted octanol–water partition coefficient (Wildman–Crippen LogP) is 4.03. The summed E-state index contributed by atoms with van der Waals surface area (Å²) in [6, 6.07) is 9.80. The van der Waals surface area contributed by atoms with E-state index in [1.54, 1.807) is 4.90 Å². The summed E-state index contributed by atoms with van der Waals surface area (Å²) in [6.45, 7) is 3.78. The molecule has 1 saturated heterocycles. The SMILES string of the molecule is CCN1Cc2cc(CNC(=O)NCC(=O)N3CCCC3c3ccccc3C(F)(F)F)ccc2NCCC1=O. The Morgan fingerprint density at radius 2 is 1.92 bits per heavy atom. The van der Waals surface area contributed by atoms with E-state index in [1.807, 2.05) is 25.1 Å². The van der Waals surface area contributed by atoms with Gasteiger partial charge in [-0.2, -0.15) is 13.2 Å².